The Labute approximate surface area is 121 Å². The molecule has 2 rings (SSSR count). The Balaban J connectivity index is 2.11. The van der Waals surface area contributed by atoms with Gasteiger partial charge in [-0.3, -0.25) is 4.79 Å². The van der Waals surface area contributed by atoms with Gasteiger partial charge in [0.25, 0.3) is 0 Å². The number of carbonyl (C=O) groups excluding carboxylic acids is 1. The summed E-state index contributed by atoms with van der Waals surface area (Å²) < 4.78 is 0. The molecule has 0 heterocycles. The average molecular weight is 270 g/mol. The lowest BCUT2D eigenvalue weighted by Gasteiger charge is -2.29. The summed E-state index contributed by atoms with van der Waals surface area (Å²) in [7, 11) is 0. The molecule has 0 aromatic heterocycles. The molecule has 1 atom stereocenters. The van der Waals surface area contributed by atoms with Crippen LogP contribution in [0.3, 0.4) is 0 Å². The molecular formula is C17H22N2O. The minimum Gasteiger partial charge on any atom is -0.355 e. The first kappa shape index (κ1) is 14.6. The monoisotopic (exact) mass is 270 g/mol. The molecule has 1 amide bonds. The highest BCUT2D eigenvalue weighted by atomic mass is 16.1. The third kappa shape index (κ3) is 3.84. The van der Waals surface area contributed by atoms with Crippen molar-refractivity contribution in [3.63, 3.8) is 0 Å². The van der Waals surface area contributed by atoms with Crippen molar-refractivity contribution in [2.24, 2.45) is 5.92 Å². The number of benzene rings is 1. The lowest BCUT2D eigenvalue weighted by atomic mass is 9.76. The highest BCUT2D eigenvalue weighted by molar-refractivity contribution is 5.84. The van der Waals surface area contributed by atoms with Crippen LogP contribution < -0.4 is 5.32 Å². The lowest BCUT2D eigenvalue weighted by molar-refractivity contribution is -0.124. The molecule has 1 saturated carbocycles. The molecule has 20 heavy (non-hydrogen) atoms. The van der Waals surface area contributed by atoms with Gasteiger partial charge in [-0.1, -0.05) is 49.6 Å². The Morgan fingerprint density at radius 2 is 1.95 bits per heavy atom. The Morgan fingerprint density at radius 3 is 2.60 bits per heavy atom. The minimum atomic E-state index is -0.0600. The molecule has 0 spiro atoms. The van der Waals surface area contributed by atoms with Crippen molar-refractivity contribution in [1.29, 1.82) is 5.26 Å². The van der Waals surface area contributed by atoms with Crippen LogP contribution in [0.25, 0.3) is 0 Å². The molecule has 1 aromatic carbocycles. The summed E-state index contributed by atoms with van der Waals surface area (Å²) in [6.07, 6.45) is 6.36. The van der Waals surface area contributed by atoms with Crippen LogP contribution in [0.1, 0.15) is 50.0 Å². The number of nitrogens with zero attached hydrogens (tertiary/aromatic N) is 1. The van der Waals surface area contributed by atoms with Crippen LogP contribution in [0.2, 0.25) is 0 Å². The van der Waals surface area contributed by atoms with E-state index < -0.39 is 0 Å². The molecule has 0 aliphatic heterocycles. The zero-order valence-electron chi connectivity index (χ0n) is 11.8. The zero-order valence-corrected chi connectivity index (χ0v) is 11.8. The van der Waals surface area contributed by atoms with Gasteiger partial charge in [-0.05, 0) is 24.3 Å². The van der Waals surface area contributed by atoms with E-state index in [0.29, 0.717) is 18.9 Å². The fourth-order valence-corrected chi connectivity index (χ4v) is 3.12. The standard InChI is InChI=1S/C17H22N2O/c18-12-7-13-19-17(20)16(14-8-3-1-4-9-14)15-10-5-2-6-11-15/h1,3-4,8-9,15-16H,2,5-7,10-11,13H2,(H,19,20)/t16-/m1/s1. The van der Waals surface area contributed by atoms with E-state index in [-0.39, 0.29) is 11.8 Å². The Bertz CT molecular complexity index is 458. The van der Waals surface area contributed by atoms with Gasteiger partial charge in [-0.15, -0.1) is 0 Å². The number of amides is 1. The van der Waals surface area contributed by atoms with Crippen molar-refractivity contribution in [2.45, 2.75) is 44.4 Å². The predicted octanol–water partition coefficient (Wildman–Crippen LogP) is 3.38. The van der Waals surface area contributed by atoms with Crippen LogP contribution in [-0.2, 0) is 4.79 Å². The van der Waals surface area contributed by atoms with Crippen LogP contribution in [0.5, 0.6) is 0 Å². The minimum absolute atomic E-state index is 0.0600. The molecule has 0 unspecified atom stereocenters. The second-order valence-electron chi connectivity index (χ2n) is 5.49. The zero-order chi connectivity index (χ0) is 14.2. The summed E-state index contributed by atoms with van der Waals surface area (Å²) in [4.78, 5) is 12.5. The molecule has 0 bridgehead atoms. The SMILES string of the molecule is N#CCCNC(=O)[C@H](c1ccccc1)C1CCCCC1. The van der Waals surface area contributed by atoms with Crippen LogP contribution in [-0.4, -0.2) is 12.5 Å². The first-order chi connectivity index (χ1) is 9.83. The van der Waals surface area contributed by atoms with E-state index in [1.807, 2.05) is 30.3 Å². The number of nitriles is 1. The molecule has 0 saturated heterocycles. The molecule has 1 N–H and O–H groups in total. The van der Waals surface area contributed by atoms with E-state index in [1.54, 1.807) is 0 Å². The van der Waals surface area contributed by atoms with Gasteiger partial charge in [0.15, 0.2) is 0 Å². The summed E-state index contributed by atoms with van der Waals surface area (Å²) in [6.45, 7) is 0.450. The molecule has 106 valence electrons. The molecule has 1 aromatic rings. The largest absolute Gasteiger partial charge is 0.355 e. The van der Waals surface area contributed by atoms with Gasteiger partial charge in [0.2, 0.25) is 5.91 Å². The van der Waals surface area contributed by atoms with Gasteiger partial charge in [0, 0.05) is 6.54 Å². The maximum absolute atomic E-state index is 12.5. The normalized spacial score (nSPS) is 17.1. The first-order valence-corrected chi connectivity index (χ1v) is 7.52. The summed E-state index contributed by atoms with van der Waals surface area (Å²) in [5, 5.41) is 11.5. The third-order valence-corrected chi connectivity index (χ3v) is 4.10. The second kappa shape index (κ2) is 7.69. The second-order valence-corrected chi connectivity index (χ2v) is 5.49. The molecule has 3 heteroatoms. The molecule has 1 aliphatic rings. The maximum atomic E-state index is 12.5. The Morgan fingerprint density at radius 1 is 1.25 bits per heavy atom. The van der Waals surface area contributed by atoms with Crippen molar-refractivity contribution in [1.82, 2.24) is 5.32 Å². The number of rotatable bonds is 5. The Hall–Kier alpha value is -1.82. The predicted molar refractivity (Wildman–Crippen MR) is 79.0 cm³/mol. The average Bonchev–Trinajstić information content (AvgIpc) is 2.50. The highest BCUT2D eigenvalue weighted by Crippen LogP contribution is 2.36. The van der Waals surface area contributed by atoms with Gasteiger partial charge in [-0.25, -0.2) is 0 Å². The van der Waals surface area contributed by atoms with Crippen LogP contribution in [0.15, 0.2) is 30.3 Å². The molecule has 1 aliphatic carbocycles. The number of nitrogens with one attached hydrogen (secondary N) is 1. The van der Waals surface area contributed by atoms with Gasteiger partial charge >= 0.3 is 0 Å². The third-order valence-electron chi connectivity index (χ3n) is 4.10. The van der Waals surface area contributed by atoms with Gasteiger partial charge in [0.1, 0.15) is 0 Å². The van der Waals surface area contributed by atoms with Crippen LogP contribution >= 0.6 is 0 Å². The number of hydrogen-bond donors (Lipinski definition) is 1. The molecular weight excluding hydrogens is 248 g/mol. The van der Waals surface area contributed by atoms with E-state index in [9.17, 15) is 4.79 Å². The molecule has 3 nitrogen and oxygen atoms in total. The van der Waals surface area contributed by atoms with Crippen molar-refractivity contribution in [3.8, 4) is 6.07 Å². The van der Waals surface area contributed by atoms with E-state index in [1.165, 1.54) is 19.3 Å². The highest BCUT2D eigenvalue weighted by Gasteiger charge is 2.30. The number of carbonyl (C=O) groups is 1. The quantitative estimate of drug-likeness (QED) is 0.834. The van der Waals surface area contributed by atoms with E-state index >= 15 is 0 Å². The Kier molecular flexibility index (Phi) is 5.61. The first-order valence-electron chi connectivity index (χ1n) is 7.52. The van der Waals surface area contributed by atoms with E-state index in [0.717, 1.165) is 18.4 Å². The van der Waals surface area contributed by atoms with Crippen molar-refractivity contribution >= 4 is 5.91 Å². The van der Waals surface area contributed by atoms with Crippen LogP contribution in [0.4, 0.5) is 0 Å². The summed E-state index contributed by atoms with van der Waals surface area (Å²) in [5.41, 5.74) is 1.11. The molecule has 0 radical (unpaired) electrons. The summed E-state index contributed by atoms with van der Waals surface area (Å²) in [6, 6.07) is 12.1. The van der Waals surface area contributed by atoms with Gasteiger partial charge in [0.05, 0.1) is 18.4 Å². The maximum Gasteiger partial charge on any atom is 0.227 e. The summed E-state index contributed by atoms with van der Waals surface area (Å²) in [5.74, 6) is 0.460. The summed E-state index contributed by atoms with van der Waals surface area (Å²) >= 11 is 0. The fourth-order valence-electron chi connectivity index (χ4n) is 3.12. The number of hydrogen-bond acceptors (Lipinski definition) is 2. The topological polar surface area (TPSA) is 52.9 Å². The van der Waals surface area contributed by atoms with Crippen LogP contribution in [0, 0.1) is 17.2 Å². The lowest BCUT2D eigenvalue weighted by Crippen LogP contribution is -2.34. The fraction of sp³-hybridized carbons (Fsp3) is 0.529. The van der Waals surface area contributed by atoms with E-state index in [2.05, 4.69) is 11.4 Å². The van der Waals surface area contributed by atoms with Gasteiger partial charge in [-0.2, -0.15) is 5.26 Å². The van der Waals surface area contributed by atoms with Crippen molar-refractivity contribution in [3.05, 3.63) is 35.9 Å². The van der Waals surface area contributed by atoms with Gasteiger partial charge < -0.3 is 5.32 Å². The van der Waals surface area contributed by atoms with E-state index in [4.69, 9.17) is 5.26 Å². The molecule has 1 fully saturated rings. The smallest absolute Gasteiger partial charge is 0.227 e. The van der Waals surface area contributed by atoms with Crippen molar-refractivity contribution in [2.75, 3.05) is 6.54 Å². The van der Waals surface area contributed by atoms with Crippen molar-refractivity contribution < 1.29 is 4.79 Å².